The molecule has 1 atom stereocenters. The Bertz CT molecular complexity index is 822. The average Bonchev–Trinajstić information content (AvgIpc) is 2.98. The first-order chi connectivity index (χ1) is 11.5. The van der Waals surface area contributed by atoms with Crippen molar-refractivity contribution in [1.82, 2.24) is 5.32 Å². The molecule has 0 aromatic heterocycles. The molecule has 2 aromatic carbocycles. The van der Waals surface area contributed by atoms with E-state index in [4.69, 9.17) is 16.3 Å². The predicted molar refractivity (Wildman–Crippen MR) is 87.7 cm³/mol. The van der Waals surface area contributed by atoms with Gasteiger partial charge >= 0.3 is 5.97 Å². The Balaban J connectivity index is 1.85. The van der Waals surface area contributed by atoms with Crippen LogP contribution in [0.15, 0.2) is 36.4 Å². The summed E-state index contributed by atoms with van der Waals surface area (Å²) in [4.78, 5) is 24.1. The molecule has 0 heterocycles. The average molecular weight is 348 g/mol. The van der Waals surface area contributed by atoms with Crippen LogP contribution in [0.5, 0.6) is 0 Å². The standard InChI is InChI=1S/C18H15ClFNO3/c1-24-18(23)11-3-2-10-4-7-16(13(10)8-11)21-17(22)14-9-12(20)5-6-15(14)19/h2-3,5-6,8-9,16H,4,7H2,1H3,(H,21,22). The summed E-state index contributed by atoms with van der Waals surface area (Å²) >= 11 is 5.97. The van der Waals surface area contributed by atoms with Crippen molar-refractivity contribution in [3.05, 3.63) is 69.5 Å². The molecule has 6 heteroatoms. The fourth-order valence-electron chi connectivity index (χ4n) is 2.90. The molecule has 0 fully saturated rings. The minimum atomic E-state index is -0.524. The first-order valence-corrected chi connectivity index (χ1v) is 7.84. The van der Waals surface area contributed by atoms with Crippen molar-refractivity contribution < 1.29 is 18.7 Å². The molecule has 4 nitrogen and oxygen atoms in total. The van der Waals surface area contributed by atoms with Gasteiger partial charge in [-0.25, -0.2) is 9.18 Å². The second-order valence-electron chi connectivity index (χ2n) is 5.59. The lowest BCUT2D eigenvalue weighted by Gasteiger charge is -2.15. The van der Waals surface area contributed by atoms with Crippen LogP contribution in [0, 0.1) is 5.82 Å². The normalized spacial score (nSPS) is 15.7. The number of methoxy groups -OCH3 is 1. The third-order valence-corrected chi connectivity index (χ3v) is 4.45. The molecule has 1 unspecified atom stereocenters. The van der Waals surface area contributed by atoms with Gasteiger partial charge in [0.15, 0.2) is 0 Å². The number of benzene rings is 2. The summed E-state index contributed by atoms with van der Waals surface area (Å²) in [7, 11) is 1.32. The number of aryl methyl sites for hydroxylation is 1. The summed E-state index contributed by atoms with van der Waals surface area (Å²) in [6, 6.07) is 8.71. The zero-order valence-electron chi connectivity index (χ0n) is 12.9. The largest absolute Gasteiger partial charge is 0.465 e. The molecule has 1 N–H and O–H groups in total. The van der Waals surface area contributed by atoms with Crippen molar-refractivity contribution in [2.24, 2.45) is 0 Å². The monoisotopic (exact) mass is 347 g/mol. The Morgan fingerprint density at radius 3 is 2.79 bits per heavy atom. The summed E-state index contributed by atoms with van der Waals surface area (Å²) < 4.78 is 18.1. The van der Waals surface area contributed by atoms with Crippen LogP contribution in [0.4, 0.5) is 4.39 Å². The minimum absolute atomic E-state index is 0.0919. The van der Waals surface area contributed by atoms with Crippen LogP contribution in [-0.4, -0.2) is 19.0 Å². The summed E-state index contributed by atoms with van der Waals surface area (Å²) in [5.74, 6) is -1.40. The molecule has 0 radical (unpaired) electrons. The maximum absolute atomic E-state index is 13.4. The number of fused-ring (bicyclic) bond motifs is 1. The maximum Gasteiger partial charge on any atom is 0.337 e. The number of amides is 1. The second kappa shape index (κ2) is 6.61. The van der Waals surface area contributed by atoms with Gasteiger partial charge in [0.05, 0.1) is 29.3 Å². The third-order valence-electron chi connectivity index (χ3n) is 4.12. The van der Waals surface area contributed by atoms with Gasteiger partial charge in [-0.05, 0) is 54.3 Å². The summed E-state index contributed by atoms with van der Waals surface area (Å²) in [6.07, 6.45) is 1.50. The van der Waals surface area contributed by atoms with Gasteiger partial charge in [0.25, 0.3) is 5.91 Å². The van der Waals surface area contributed by atoms with Crippen LogP contribution >= 0.6 is 11.6 Å². The van der Waals surface area contributed by atoms with Gasteiger partial charge in [0.2, 0.25) is 0 Å². The smallest absolute Gasteiger partial charge is 0.337 e. The van der Waals surface area contributed by atoms with E-state index in [0.717, 1.165) is 23.6 Å². The van der Waals surface area contributed by atoms with E-state index in [-0.39, 0.29) is 16.6 Å². The number of ether oxygens (including phenoxy) is 1. The molecule has 0 saturated heterocycles. The van der Waals surface area contributed by atoms with Gasteiger partial charge in [-0.3, -0.25) is 4.79 Å². The van der Waals surface area contributed by atoms with E-state index in [9.17, 15) is 14.0 Å². The highest BCUT2D eigenvalue weighted by molar-refractivity contribution is 6.33. The molecule has 1 aliphatic rings. The van der Waals surface area contributed by atoms with Crippen molar-refractivity contribution >= 4 is 23.5 Å². The molecular formula is C18H15ClFNO3. The highest BCUT2D eigenvalue weighted by atomic mass is 35.5. The minimum Gasteiger partial charge on any atom is -0.465 e. The van der Waals surface area contributed by atoms with Crippen molar-refractivity contribution in [3.63, 3.8) is 0 Å². The van der Waals surface area contributed by atoms with E-state index in [1.54, 1.807) is 12.1 Å². The second-order valence-corrected chi connectivity index (χ2v) is 6.00. The molecule has 0 saturated carbocycles. The van der Waals surface area contributed by atoms with E-state index in [0.29, 0.717) is 12.0 Å². The van der Waals surface area contributed by atoms with E-state index in [1.807, 2.05) is 6.07 Å². The number of carbonyl (C=O) groups excluding carboxylic acids is 2. The number of esters is 1. The number of hydrogen-bond donors (Lipinski definition) is 1. The van der Waals surface area contributed by atoms with Crippen molar-refractivity contribution in [2.75, 3.05) is 7.11 Å². The molecule has 3 rings (SSSR count). The Morgan fingerprint density at radius 1 is 1.25 bits per heavy atom. The molecule has 124 valence electrons. The Morgan fingerprint density at radius 2 is 2.04 bits per heavy atom. The number of carbonyl (C=O) groups is 2. The molecule has 1 amide bonds. The highest BCUT2D eigenvalue weighted by Crippen LogP contribution is 2.32. The lowest BCUT2D eigenvalue weighted by molar-refractivity contribution is 0.0600. The van der Waals surface area contributed by atoms with E-state index in [2.05, 4.69) is 5.32 Å². The molecule has 2 aromatic rings. The topological polar surface area (TPSA) is 55.4 Å². The highest BCUT2D eigenvalue weighted by Gasteiger charge is 2.26. The quantitative estimate of drug-likeness (QED) is 0.862. The third kappa shape index (κ3) is 3.12. The number of hydrogen-bond acceptors (Lipinski definition) is 3. The Kier molecular flexibility index (Phi) is 4.53. The van der Waals surface area contributed by atoms with Crippen molar-refractivity contribution in [1.29, 1.82) is 0 Å². The van der Waals surface area contributed by atoms with Crippen LogP contribution in [0.1, 0.15) is 44.3 Å². The van der Waals surface area contributed by atoms with Gasteiger partial charge < -0.3 is 10.1 Å². The van der Waals surface area contributed by atoms with Gasteiger partial charge in [-0.15, -0.1) is 0 Å². The molecule has 0 aliphatic heterocycles. The van der Waals surface area contributed by atoms with Crippen molar-refractivity contribution in [2.45, 2.75) is 18.9 Å². The number of halogens is 2. The van der Waals surface area contributed by atoms with Crippen LogP contribution in [-0.2, 0) is 11.2 Å². The van der Waals surface area contributed by atoms with Gasteiger partial charge in [0.1, 0.15) is 5.82 Å². The lowest BCUT2D eigenvalue weighted by atomic mass is 10.0. The zero-order valence-corrected chi connectivity index (χ0v) is 13.7. The zero-order chi connectivity index (χ0) is 17.3. The molecule has 0 spiro atoms. The van der Waals surface area contributed by atoms with E-state index >= 15 is 0 Å². The fourth-order valence-corrected chi connectivity index (χ4v) is 3.11. The summed E-state index contributed by atoms with van der Waals surface area (Å²) in [5, 5.41) is 3.05. The van der Waals surface area contributed by atoms with Gasteiger partial charge in [-0.2, -0.15) is 0 Å². The van der Waals surface area contributed by atoms with Crippen LogP contribution < -0.4 is 5.32 Å². The van der Waals surface area contributed by atoms with E-state index < -0.39 is 17.7 Å². The van der Waals surface area contributed by atoms with E-state index in [1.165, 1.54) is 19.2 Å². The van der Waals surface area contributed by atoms with Crippen molar-refractivity contribution in [3.8, 4) is 0 Å². The fraction of sp³-hybridized carbons (Fsp3) is 0.222. The Labute approximate surface area is 143 Å². The molecule has 24 heavy (non-hydrogen) atoms. The lowest BCUT2D eigenvalue weighted by Crippen LogP contribution is -2.27. The molecular weight excluding hydrogens is 333 g/mol. The van der Waals surface area contributed by atoms with Gasteiger partial charge in [-0.1, -0.05) is 17.7 Å². The first kappa shape index (κ1) is 16.5. The summed E-state index contributed by atoms with van der Waals surface area (Å²) in [6.45, 7) is 0. The molecule has 1 aliphatic carbocycles. The maximum atomic E-state index is 13.4. The number of nitrogens with one attached hydrogen (secondary N) is 1. The first-order valence-electron chi connectivity index (χ1n) is 7.46. The summed E-state index contributed by atoms with van der Waals surface area (Å²) in [5.41, 5.74) is 2.47. The van der Waals surface area contributed by atoms with Gasteiger partial charge in [0, 0.05) is 0 Å². The van der Waals surface area contributed by atoms with Crippen LogP contribution in [0.3, 0.4) is 0 Å². The predicted octanol–water partition coefficient (Wildman–Crippen LogP) is 3.68. The number of rotatable bonds is 3. The van der Waals surface area contributed by atoms with Crippen LogP contribution in [0.25, 0.3) is 0 Å². The molecule has 0 bridgehead atoms. The van der Waals surface area contributed by atoms with Crippen LogP contribution in [0.2, 0.25) is 5.02 Å². The SMILES string of the molecule is COC(=O)c1ccc2c(c1)C(NC(=O)c1cc(F)ccc1Cl)CC2. The Hall–Kier alpha value is -2.40.